The van der Waals surface area contributed by atoms with E-state index in [0.29, 0.717) is 39.5 Å². The Labute approximate surface area is 186 Å². The zero-order chi connectivity index (χ0) is 21.9. The van der Waals surface area contributed by atoms with Crippen LogP contribution < -0.4 is 24.3 Å². The number of methoxy groups -OCH3 is 3. The molecule has 1 atom stereocenters. The van der Waals surface area contributed by atoms with E-state index in [4.69, 9.17) is 42.1 Å². The second kappa shape index (κ2) is 9.23. The smallest absolute Gasteiger partial charge is 0.261 e. The van der Waals surface area contributed by atoms with Gasteiger partial charge < -0.3 is 24.3 Å². The summed E-state index contributed by atoms with van der Waals surface area (Å²) in [5.41, 5.74) is 0.398. The van der Waals surface area contributed by atoms with Crippen molar-refractivity contribution < 1.29 is 23.7 Å². The lowest BCUT2D eigenvalue weighted by atomic mass is 10.0. The molecule has 1 amide bonds. The van der Waals surface area contributed by atoms with Crippen molar-refractivity contribution in [1.82, 2.24) is 5.32 Å². The normalized spacial score (nSPS) is 15.1. The molecule has 1 N–H and O–H groups in total. The molecule has 2 aromatic rings. The maximum atomic E-state index is 13.0. The summed E-state index contributed by atoms with van der Waals surface area (Å²) >= 11 is 12.1. The Balaban J connectivity index is 1.81. The SMILES string of the molecule is CCC(Oc1ccc(Cl)cc1Cl)C(=O)NC1(c2cc(OC)c(OC)c(OC)c2)CC1. The van der Waals surface area contributed by atoms with Gasteiger partial charge in [-0.2, -0.15) is 0 Å². The first-order valence-electron chi connectivity index (χ1n) is 9.61. The average molecular weight is 454 g/mol. The highest BCUT2D eigenvalue weighted by molar-refractivity contribution is 6.35. The molecule has 30 heavy (non-hydrogen) atoms. The highest BCUT2D eigenvalue weighted by atomic mass is 35.5. The van der Waals surface area contributed by atoms with Gasteiger partial charge in [0, 0.05) is 5.02 Å². The molecule has 0 aliphatic heterocycles. The number of nitrogens with one attached hydrogen (secondary N) is 1. The molecule has 0 aromatic heterocycles. The minimum atomic E-state index is -0.691. The van der Waals surface area contributed by atoms with E-state index < -0.39 is 11.6 Å². The number of ether oxygens (including phenoxy) is 4. The lowest BCUT2D eigenvalue weighted by Gasteiger charge is -2.24. The minimum absolute atomic E-state index is 0.213. The molecule has 0 bridgehead atoms. The van der Waals surface area contributed by atoms with Crippen molar-refractivity contribution in [3.8, 4) is 23.0 Å². The Morgan fingerprint density at radius 2 is 1.67 bits per heavy atom. The van der Waals surface area contributed by atoms with E-state index in [1.165, 1.54) is 0 Å². The monoisotopic (exact) mass is 453 g/mol. The number of carbonyl (C=O) groups is 1. The van der Waals surface area contributed by atoms with Gasteiger partial charge in [-0.15, -0.1) is 0 Å². The molecule has 0 radical (unpaired) electrons. The van der Waals surface area contributed by atoms with E-state index in [-0.39, 0.29) is 5.91 Å². The molecule has 8 heteroatoms. The van der Waals surface area contributed by atoms with Gasteiger partial charge in [-0.1, -0.05) is 30.1 Å². The average Bonchev–Trinajstić information content (AvgIpc) is 3.52. The van der Waals surface area contributed by atoms with Crippen LogP contribution in [0.1, 0.15) is 31.7 Å². The first kappa shape index (κ1) is 22.4. The summed E-state index contributed by atoms with van der Waals surface area (Å²) in [5, 5.41) is 4.01. The molecular weight excluding hydrogens is 429 g/mol. The fraction of sp³-hybridized carbons (Fsp3) is 0.409. The Morgan fingerprint density at radius 3 is 2.13 bits per heavy atom. The number of rotatable bonds is 9. The second-order valence-corrected chi connectivity index (χ2v) is 7.92. The number of amides is 1. The van der Waals surface area contributed by atoms with Crippen molar-refractivity contribution in [1.29, 1.82) is 0 Å². The van der Waals surface area contributed by atoms with Gasteiger partial charge in [0.1, 0.15) is 5.75 Å². The summed E-state index contributed by atoms with van der Waals surface area (Å²) in [5.74, 6) is 1.81. The Kier molecular flexibility index (Phi) is 6.88. The summed E-state index contributed by atoms with van der Waals surface area (Å²) in [6.07, 6.45) is 1.39. The molecule has 0 spiro atoms. The maximum Gasteiger partial charge on any atom is 0.261 e. The van der Waals surface area contributed by atoms with Crippen LogP contribution in [0.4, 0.5) is 0 Å². The van der Waals surface area contributed by atoms with Crippen molar-refractivity contribution in [3.05, 3.63) is 45.9 Å². The van der Waals surface area contributed by atoms with Crippen LogP contribution in [-0.2, 0) is 10.3 Å². The van der Waals surface area contributed by atoms with Crippen LogP contribution in [0, 0.1) is 0 Å². The zero-order valence-electron chi connectivity index (χ0n) is 17.4. The van der Waals surface area contributed by atoms with Gasteiger partial charge in [0.25, 0.3) is 5.91 Å². The van der Waals surface area contributed by atoms with Gasteiger partial charge >= 0.3 is 0 Å². The van der Waals surface area contributed by atoms with Crippen molar-refractivity contribution in [2.75, 3.05) is 21.3 Å². The fourth-order valence-electron chi connectivity index (χ4n) is 3.33. The van der Waals surface area contributed by atoms with Crippen molar-refractivity contribution in [3.63, 3.8) is 0 Å². The molecular formula is C22H25Cl2NO5. The standard InChI is InChI=1S/C22H25Cl2NO5/c1-5-16(30-17-7-6-14(23)12-15(17)24)21(26)25-22(8-9-22)13-10-18(27-2)20(29-4)19(11-13)28-3/h6-7,10-12,16H,5,8-9H2,1-4H3,(H,25,26). The predicted octanol–water partition coefficient (Wildman–Crippen LogP) is 4.98. The first-order chi connectivity index (χ1) is 14.4. The molecule has 6 nitrogen and oxygen atoms in total. The van der Waals surface area contributed by atoms with Crippen LogP contribution >= 0.6 is 23.2 Å². The number of halogens is 2. The second-order valence-electron chi connectivity index (χ2n) is 7.07. The molecule has 1 aliphatic rings. The number of benzene rings is 2. The molecule has 1 fully saturated rings. The summed E-state index contributed by atoms with van der Waals surface area (Å²) in [6, 6.07) is 8.65. The van der Waals surface area contributed by atoms with Gasteiger partial charge in [-0.05, 0) is 55.2 Å². The maximum absolute atomic E-state index is 13.0. The number of hydrogen-bond acceptors (Lipinski definition) is 5. The molecule has 3 rings (SSSR count). The first-order valence-corrected chi connectivity index (χ1v) is 10.4. The van der Waals surface area contributed by atoms with Crippen LogP contribution in [0.25, 0.3) is 0 Å². The van der Waals surface area contributed by atoms with Crippen molar-refractivity contribution in [2.24, 2.45) is 0 Å². The summed E-state index contributed by atoms with van der Waals surface area (Å²) in [4.78, 5) is 13.0. The summed E-state index contributed by atoms with van der Waals surface area (Å²) < 4.78 is 22.2. The van der Waals surface area contributed by atoms with Crippen LogP contribution in [-0.4, -0.2) is 33.3 Å². The highest BCUT2D eigenvalue weighted by Gasteiger charge is 2.47. The van der Waals surface area contributed by atoms with Crippen LogP contribution in [0.3, 0.4) is 0 Å². The lowest BCUT2D eigenvalue weighted by Crippen LogP contribution is -2.43. The largest absolute Gasteiger partial charge is 0.493 e. The van der Waals surface area contributed by atoms with E-state index in [1.807, 2.05) is 19.1 Å². The van der Waals surface area contributed by atoms with Gasteiger partial charge in [0.15, 0.2) is 17.6 Å². The third kappa shape index (κ3) is 4.55. The molecule has 0 saturated heterocycles. The Hall–Kier alpha value is -2.31. The molecule has 162 valence electrons. The van der Waals surface area contributed by atoms with E-state index in [9.17, 15) is 4.79 Å². The summed E-state index contributed by atoms with van der Waals surface area (Å²) in [7, 11) is 4.69. The van der Waals surface area contributed by atoms with Crippen LogP contribution in [0.2, 0.25) is 10.0 Å². The lowest BCUT2D eigenvalue weighted by molar-refractivity contribution is -0.129. The van der Waals surface area contributed by atoms with E-state index in [0.717, 1.165) is 18.4 Å². The molecule has 0 heterocycles. The van der Waals surface area contributed by atoms with E-state index >= 15 is 0 Å². The highest BCUT2D eigenvalue weighted by Crippen LogP contribution is 2.50. The van der Waals surface area contributed by atoms with E-state index in [2.05, 4.69) is 5.32 Å². The van der Waals surface area contributed by atoms with Gasteiger partial charge in [0.05, 0.1) is 31.9 Å². The topological polar surface area (TPSA) is 66.0 Å². The third-order valence-electron chi connectivity index (χ3n) is 5.16. The van der Waals surface area contributed by atoms with Gasteiger partial charge in [-0.25, -0.2) is 0 Å². The minimum Gasteiger partial charge on any atom is -0.493 e. The Morgan fingerprint density at radius 1 is 1.03 bits per heavy atom. The van der Waals surface area contributed by atoms with Gasteiger partial charge in [0.2, 0.25) is 5.75 Å². The van der Waals surface area contributed by atoms with Crippen LogP contribution in [0.15, 0.2) is 30.3 Å². The number of hydrogen-bond donors (Lipinski definition) is 1. The van der Waals surface area contributed by atoms with E-state index in [1.54, 1.807) is 39.5 Å². The van der Waals surface area contributed by atoms with Crippen molar-refractivity contribution >= 4 is 29.1 Å². The number of carbonyl (C=O) groups excluding carboxylic acids is 1. The van der Waals surface area contributed by atoms with Gasteiger partial charge in [-0.3, -0.25) is 4.79 Å². The molecule has 1 unspecified atom stereocenters. The molecule has 1 saturated carbocycles. The third-order valence-corrected chi connectivity index (χ3v) is 5.69. The van der Waals surface area contributed by atoms with Crippen LogP contribution in [0.5, 0.6) is 23.0 Å². The zero-order valence-corrected chi connectivity index (χ0v) is 18.9. The Bertz CT molecular complexity index is 905. The fourth-order valence-corrected chi connectivity index (χ4v) is 3.78. The molecule has 1 aliphatic carbocycles. The van der Waals surface area contributed by atoms with Crippen molar-refractivity contribution in [2.45, 2.75) is 37.8 Å². The molecule has 2 aromatic carbocycles. The predicted molar refractivity (Wildman–Crippen MR) is 116 cm³/mol. The quantitative estimate of drug-likeness (QED) is 0.579. The summed E-state index contributed by atoms with van der Waals surface area (Å²) in [6.45, 7) is 1.88.